The van der Waals surface area contributed by atoms with E-state index < -0.39 is 0 Å². The van der Waals surface area contributed by atoms with Crippen LogP contribution in [0.4, 0.5) is 0 Å². The number of rotatable bonds is 4. The van der Waals surface area contributed by atoms with Crippen molar-refractivity contribution in [2.24, 2.45) is 0 Å². The second-order valence-electron chi connectivity index (χ2n) is 2.93. The van der Waals surface area contributed by atoms with E-state index in [9.17, 15) is 5.11 Å². The number of benzene rings is 1. The lowest BCUT2D eigenvalue weighted by atomic mass is 10.1. The third-order valence-corrected chi connectivity index (χ3v) is 2.43. The van der Waals surface area contributed by atoms with E-state index in [1.807, 2.05) is 30.3 Å². The molecule has 0 aliphatic rings. The van der Waals surface area contributed by atoms with Crippen LogP contribution in [0, 0.1) is 0 Å². The molecule has 0 aliphatic heterocycles. The molecule has 1 rings (SSSR count). The third kappa shape index (κ3) is 3.33. The Morgan fingerprint density at radius 2 is 2.00 bits per heavy atom. The molecule has 0 spiro atoms. The highest BCUT2D eigenvalue weighted by Crippen LogP contribution is 2.20. The molecule has 13 heavy (non-hydrogen) atoms. The van der Waals surface area contributed by atoms with Gasteiger partial charge in [-0.15, -0.1) is 6.58 Å². The van der Waals surface area contributed by atoms with Crippen molar-refractivity contribution >= 4 is 15.9 Å². The largest absolute Gasteiger partial charge is 0.388 e. The molecule has 0 saturated heterocycles. The van der Waals surface area contributed by atoms with Crippen LogP contribution < -0.4 is 0 Å². The molecule has 0 fully saturated rings. The lowest BCUT2D eigenvalue weighted by Crippen LogP contribution is -1.95. The van der Waals surface area contributed by atoms with Crippen molar-refractivity contribution in [2.75, 3.05) is 0 Å². The molecule has 70 valence electrons. The van der Waals surface area contributed by atoms with Gasteiger partial charge in [-0.2, -0.15) is 0 Å². The zero-order chi connectivity index (χ0) is 9.68. The first-order valence-corrected chi connectivity index (χ1v) is 5.07. The van der Waals surface area contributed by atoms with Gasteiger partial charge in [0.2, 0.25) is 0 Å². The number of allylic oxidation sites excluding steroid dienone is 1. The van der Waals surface area contributed by atoms with E-state index in [0.29, 0.717) is 0 Å². The lowest BCUT2D eigenvalue weighted by molar-refractivity contribution is 0.169. The quantitative estimate of drug-likeness (QED) is 0.800. The Balaban J connectivity index is 2.60. The molecule has 1 nitrogen and oxygen atoms in total. The summed E-state index contributed by atoms with van der Waals surface area (Å²) < 4.78 is 1.03. The molecule has 0 radical (unpaired) electrons. The Kier molecular flexibility index (Phi) is 4.19. The first-order valence-electron chi connectivity index (χ1n) is 4.28. The number of hydrogen-bond donors (Lipinski definition) is 1. The summed E-state index contributed by atoms with van der Waals surface area (Å²) in [5.41, 5.74) is 0.963. The minimum atomic E-state index is -0.369. The zero-order valence-electron chi connectivity index (χ0n) is 7.41. The van der Waals surface area contributed by atoms with Crippen LogP contribution in [0.2, 0.25) is 0 Å². The predicted molar refractivity (Wildman–Crippen MR) is 58.5 cm³/mol. The molecular formula is C11H13BrO. The molecule has 2 heteroatoms. The number of aliphatic hydroxyl groups excluding tert-OH is 1. The van der Waals surface area contributed by atoms with Crippen molar-refractivity contribution in [3.8, 4) is 0 Å². The van der Waals surface area contributed by atoms with E-state index in [1.165, 1.54) is 0 Å². The van der Waals surface area contributed by atoms with Crippen molar-refractivity contribution in [1.82, 2.24) is 0 Å². The summed E-state index contributed by atoms with van der Waals surface area (Å²) in [7, 11) is 0. The van der Waals surface area contributed by atoms with Gasteiger partial charge < -0.3 is 5.11 Å². The van der Waals surface area contributed by atoms with Crippen molar-refractivity contribution < 1.29 is 5.11 Å². The highest BCUT2D eigenvalue weighted by atomic mass is 79.9. The van der Waals surface area contributed by atoms with Gasteiger partial charge in [0.05, 0.1) is 6.10 Å². The van der Waals surface area contributed by atoms with Crippen LogP contribution in [0.5, 0.6) is 0 Å². The molecular weight excluding hydrogens is 228 g/mol. The minimum Gasteiger partial charge on any atom is -0.388 e. The minimum absolute atomic E-state index is 0.369. The Labute approximate surface area is 87.2 Å². The maximum absolute atomic E-state index is 9.68. The van der Waals surface area contributed by atoms with Crippen LogP contribution in [0.3, 0.4) is 0 Å². The lowest BCUT2D eigenvalue weighted by Gasteiger charge is -2.08. The van der Waals surface area contributed by atoms with Gasteiger partial charge in [0.15, 0.2) is 0 Å². The average Bonchev–Trinajstić information content (AvgIpc) is 2.15. The Hall–Kier alpha value is -0.600. The molecule has 1 aromatic carbocycles. The summed E-state index contributed by atoms with van der Waals surface area (Å²) in [6.45, 7) is 3.62. The molecule has 0 aliphatic carbocycles. The number of halogens is 1. The summed E-state index contributed by atoms with van der Waals surface area (Å²) in [6.07, 6.45) is 3.04. The van der Waals surface area contributed by atoms with E-state index in [2.05, 4.69) is 22.5 Å². The number of aliphatic hydroxyl groups is 1. The van der Waals surface area contributed by atoms with Gasteiger partial charge in [-0.05, 0) is 30.5 Å². The van der Waals surface area contributed by atoms with Crippen molar-refractivity contribution in [3.05, 3.63) is 47.0 Å². The van der Waals surface area contributed by atoms with Gasteiger partial charge in [0, 0.05) is 4.47 Å². The first kappa shape index (κ1) is 10.5. The van der Waals surface area contributed by atoms with Gasteiger partial charge in [-0.25, -0.2) is 0 Å². The van der Waals surface area contributed by atoms with Crippen LogP contribution in [0.1, 0.15) is 24.5 Å². The maximum Gasteiger partial charge on any atom is 0.0793 e. The topological polar surface area (TPSA) is 20.2 Å². The Morgan fingerprint density at radius 1 is 1.38 bits per heavy atom. The van der Waals surface area contributed by atoms with E-state index >= 15 is 0 Å². The second-order valence-corrected chi connectivity index (χ2v) is 3.85. The van der Waals surface area contributed by atoms with Crippen molar-refractivity contribution in [3.63, 3.8) is 0 Å². The van der Waals surface area contributed by atoms with Crippen LogP contribution >= 0.6 is 15.9 Å². The smallest absolute Gasteiger partial charge is 0.0793 e. The molecule has 1 atom stereocenters. The monoisotopic (exact) mass is 240 g/mol. The summed E-state index contributed by atoms with van der Waals surface area (Å²) in [5.74, 6) is 0. The molecule has 0 bridgehead atoms. The second kappa shape index (κ2) is 5.20. The normalized spacial score (nSPS) is 12.5. The summed E-state index contributed by atoms with van der Waals surface area (Å²) in [4.78, 5) is 0. The predicted octanol–water partition coefficient (Wildman–Crippen LogP) is 3.45. The average molecular weight is 241 g/mol. The summed E-state index contributed by atoms with van der Waals surface area (Å²) in [6, 6.07) is 7.73. The number of hydrogen-bond acceptors (Lipinski definition) is 1. The Morgan fingerprint density at radius 3 is 2.54 bits per heavy atom. The fourth-order valence-corrected chi connectivity index (χ4v) is 1.39. The fourth-order valence-electron chi connectivity index (χ4n) is 1.13. The molecule has 1 unspecified atom stereocenters. The van der Waals surface area contributed by atoms with Gasteiger partial charge >= 0.3 is 0 Å². The van der Waals surface area contributed by atoms with Crippen molar-refractivity contribution in [2.45, 2.75) is 18.9 Å². The molecule has 0 amide bonds. The van der Waals surface area contributed by atoms with Gasteiger partial charge in [-0.1, -0.05) is 34.1 Å². The van der Waals surface area contributed by atoms with Crippen LogP contribution in [-0.2, 0) is 0 Å². The van der Waals surface area contributed by atoms with E-state index in [-0.39, 0.29) is 6.10 Å². The van der Waals surface area contributed by atoms with E-state index in [4.69, 9.17) is 0 Å². The summed E-state index contributed by atoms with van der Waals surface area (Å²) in [5, 5.41) is 9.68. The maximum atomic E-state index is 9.68. The fraction of sp³-hybridized carbons (Fsp3) is 0.273. The van der Waals surface area contributed by atoms with Gasteiger partial charge in [0.1, 0.15) is 0 Å². The highest BCUT2D eigenvalue weighted by molar-refractivity contribution is 9.10. The SMILES string of the molecule is C=CCCC(O)c1ccc(Br)cc1. The third-order valence-electron chi connectivity index (χ3n) is 1.90. The van der Waals surface area contributed by atoms with Crippen LogP contribution in [-0.4, -0.2) is 5.11 Å². The zero-order valence-corrected chi connectivity index (χ0v) is 9.00. The first-order chi connectivity index (χ1) is 6.24. The van der Waals surface area contributed by atoms with Crippen molar-refractivity contribution in [1.29, 1.82) is 0 Å². The van der Waals surface area contributed by atoms with E-state index in [1.54, 1.807) is 0 Å². The molecule has 0 aromatic heterocycles. The highest BCUT2D eigenvalue weighted by Gasteiger charge is 2.04. The van der Waals surface area contributed by atoms with Gasteiger partial charge in [-0.3, -0.25) is 0 Å². The molecule has 1 aromatic rings. The molecule has 0 saturated carbocycles. The summed E-state index contributed by atoms with van der Waals surface area (Å²) >= 11 is 3.35. The van der Waals surface area contributed by atoms with Gasteiger partial charge in [0.25, 0.3) is 0 Å². The van der Waals surface area contributed by atoms with E-state index in [0.717, 1.165) is 22.9 Å². The van der Waals surface area contributed by atoms with Crippen LogP contribution in [0.15, 0.2) is 41.4 Å². The Bertz CT molecular complexity index is 266. The van der Waals surface area contributed by atoms with Crippen LogP contribution in [0.25, 0.3) is 0 Å². The molecule has 1 N–H and O–H groups in total. The molecule has 0 heterocycles. The standard InChI is InChI=1S/C11H13BrO/c1-2-3-4-11(13)9-5-7-10(12)8-6-9/h2,5-8,11,13H,1,3-4H2.